The average Bonchev–Trinajstić information content (AvgIpc) is 3.01. The Bertz CT molecular complexity index is 608. The van der Waals surface area contributed by atoms with Crippen molar-refractivity contribution in [3.05, 3.63) is 51.7 Å². The van der Waals surface area contributed by atoms with Gasteiger partial charge in [0, 0.05) is 17.1 Å². The Hall–Kier alpha value is -1.65. The van der Waals surface area contributed by atoms with Gasteiger partial charge >= 0.3 is 0 Å². The molecular formula is C18H24N2OS. The molecule has 22 heavy (non-hydrogen) atoms. The molecule has 4 heteroatoms. The van der Waals surface area contributed by atoms with Gasteiger partial charge < -0.3 is 5.32 Å². The van der Waals surface area contributed by atoms with Crippen LogP contribution in [-0.2, 0) is 17.8 Å². The highest BCUT2D eigenvalue weighted by atomic mass is 32.1. The van der Waals surface area contributed by atoms with Crippen molar-refractivity contribution >= 4 is 22.9 Å². The number of carbonyl (C=O) groups excluding carboxylic acids is 1. The summed E-state index contributed by atoms with van der Waals surface area (Å²) >= 11 is 1.73. The molecule has 0 fully saturated rings. The minimum atomic E-state index is 0.0578. The molecule has 0 spiro atoms. The zero-order valence-corrected chi connectivity index (χ0v) is 14.4. The Labute approximate surface area is 137 Å². The largest absolute Gasteiger partial charge is 0.324 e. The first-order valence-corrected chi connectivity index (χ1v) is 8.65. The van der Waals surface area contributed by atoms with Crippen molar-refractivity contribution in [3.8, 4) is 0 Å². The molecule has 0 saturated carbocycles. The third-order valence-corrected chi connectivity index (χ3v) is 4.64. The number of para-hydroxylation sites is 1. The zero-order valence-electron chi connectivity index (χ0n) is 13.6. The number of likely N-dealkylation sites (N-methyl/N-ethyl adjacent to an activating group) is 1. The topological polar surface area (TPSA) is 32.3 Å². The first-order valence-electron chi connectivity index (χ1n) is 7.77. The molecular weight excluding hydrogens is 292 g/mol. The summed E-state index contributed by atoms with van der Waals surface area (Å²) in [6, 6.07) is 10.3. The Balaban J connectivity index is 2.00. The van der Waals surface area contributed by atoms with Crippen LogP contribution in [-0.4, -0.2) is 23.9 Å². The van der Waals surface area contributed by atoms with Crippen LogP contribution in [0.15, 0.2) is 35.7 Å². The van der Waals surface area contributed by atoms with Crippen LogP contribution in [0.1, 0.15) is 29.9 Å². The van der Waals surface area contributed by atoms with Gasteiger partial charge in [0.05, 0.1) is 6.54 Å². The SMILES string of the molecule is CCc1cccc(C)c1NC(=O)CN(CC)Cc1cccs1. The first kappa shape index (κ1) is 16.7. The Morgan fingerprint density at radius 3 is 2.68 bits per heavy atom. The Morgan fingerprint density at radius 2 is 2.05 bits per heavy atom. The second-order valence-electron chi connectivity index (χ2n) is 5.39. The van der Waals surface area contributed by atoms with E-state index in [1.807, 2.05) is 19.1 Å². The number of nitrogens with zero attached hydrogens (tertiary/aromatic N) is 1. The Morgan fingerprint density at radius 1 is 1.23 bits per heavy atom. The quantitative estimate of drug-likeness (QED) is 0.835. The maximum absolute atomic E-state index is 12.4. The molecule has 2 rings (SSSR count). The fraction of sp³-hybridized carbons (Fsp3) is 0.389. The minimum Gasteiger partial charge on any atom is -0.324 e. The maximum atomic E-state index is 12.4. The van der Waals surface area contributed by atoms with Crippen LogP contribution in [0.25, 0.3) is 0 Å². The number of nitrogens with one attached hydrogen (secondary N) is 1. The van der Waals surface area contributed by atoms with Crippen molar-refractivity contribution in [2.75, 3.05) is 18.4 Å². The van der Waals surface area contributed by atoms with E-state index >= 15 is 0 Å². The second kappa shape index (κ2) is 8.11. The van der Waals surface area contributed by atoms with E-state index in [4.69, 9.17) is 0 Å². The van der Waals surface area contributed by atoms with Gasteiger partial charge in [-0.05, 0) is 42.5 Å². The van der Waals surface area contributed by atoms with Gasteiger partial charge in [-0.1, -0.05) is 38.1 Å². The Kier molecular flexibility index (Phi) is 6.16. The molecule has 0 unspecified atom stereocenters. The van der Waals surface area contributed by atoms with Gasteiger partial charge in [-0.15, -0.1) is 11.3 Å². The van der Waals surface area contributed by atoms with Gasteiger partial charge in [-0.25, -0.2) is 0 Å². The summed E-state index contributed by atoms with van der Waals surface area (Å²) in [7, 11) is 0. The highest BCUT2D eigenvalue weighted by Crippen LogP contribution is 2.21. The van der Waals surface area contributed by atoms with E-state index < -0.39 is 0 Å². The number of anilines is 1. The summed E-state index contributed by atoms with van der Waals surface area (Å²) < 4.78 is 0. The zero-order chi connectivity index (χ0) is 15.9. The van der Waals surface area contributed by atoms with E-state index in [-0.39, 0.29) is 5.91 Å². The fourth-order valence-electron chi connectivity index (χ4n) is 2.49. The lowest BCUT2D eigenvalue weighted by Crippen LogP contribution is -2.32. The average molecular weight is 316 g/mol. The molecule has 118 valence electrons. The lowest BCUT2D eigenvalue weighted by Gasteiger charge is -2.20. The fourth-order valence-corrected chi connectivity index (χ4v) is 3.23. The molecule has 1 aromatic heterocycles. The molecule has 1 amide bonds. The number of thiophene rings is 1. The van der Waals surface area contributed by atoms with Crippen molar-refractivity contribution in [1.82, 2.24) is 4.90 Å². The van der Waals surface area contributed by atoms with Gasteiger partial charge in [0.2, 0.25) is 5.91 Å². The van der Waals surface area contributed by atoms with E-state index in [0.29, 0.717) is 6.54 Å². The molecule has 0 radical (unpaired) electrons. The van der Waals surface area contributed by atoms with E-state index in [0.717, 1.165) is 30.8 Å². The molecule has 0 aliphatic carbocycles. The predicted octanol–water partition coefficient (Wildman–Crippen LogP) is 4.08. The smallest absolute Gasteiger partial charge is 0.238 e. The molecule has 1 heterocycles. The van der Waals surface area contributed by atoms with E-state index in [1.165, 1.54) is 10.4 Å². The summed E-state index contributed by atoms with van der Waals surface area (Å²) in [5.41, 5.74) is 3.28. The van der Waals surface area contributed by atoms with E-state index in [9.17, 15) is 4.79 Å². The van der Waals surface area contributed by atoms with Gasteiger partial charge in [0.25, 0.3) is 0 Å². The molecule has 0 aliphatic heterocycles. The van der Waals surface area contributed by atoms with Crippen LogP contribution < -0.4 is 5.32 Å². The molecule has 3 nitrogen and oxygen atoms in total. The van der Waals surface area contributed by atoms with Crippen molar-refractivity contribution < 1.29 is 4.79 Å². The highest BCUT2D eigenvalue weighted by molar-refractivity contribution is 7.09. The van der Waals surface area contributed by atoms with Crippen LogP contribution in [0.2, 0.25) is 0 Å². The van der Waals surface area contributed by atoms with E-state index in [2.05, 4.69) is 47.6 Å². The van der Waals surface area contributed by atoms with Crippen molar-refractivity contribution in [1.29, 1.82) is 0 Å². The summed E-state index contributed by atoms with van der Waals surface area (Å²) in [5.74, 6) is 0.0578. The van der Waals surface area contributed by atoms with Gasteiger partial charge in [-0.3, -0.25) is 9.69 Å². The van der Waals surface area contributed by atoms with Crippen LogP contribution in [0.4, 0.5) is 5.69 Å². The summed E-state index contributed by atoms with van der Waals surface area (Å²) in [6.45, 7) is 8.35. The van der Waals surface area contributed by atoms with Crippen LogP contribution >= 0.6 is 11.3 Å². The summed E-state index contributed by atoms with van der Waals surface area (Å²) in [6.07, 6.45) is 0.921. The second-order valence-corrected chi connectivity index (χ2v) is 6.43. The van der Waals surface area contributed by atoms with E-state index in [1.54, 1.807) is 11.3 Å². The first-order chi connectivity index (χ1) is 10.6. The number of benzene rings is 1. The number of hydrogen-bond donors (Lipinski definition) is 1. The maximum Gasteiger partial charge on any atom is 0.238 e. The van der Waals surface area contributed by atoms with Crippen molar-refractivity contribution in [3.63, 3.8) is 0 Å². The predicted molar refractivity (Wildman–Crippen MR) is 94.5 cm³/mol. The van der Waals surface area contributed by atoms with Crippen LogP contribution in [0.5, 0.6) is 0 Å². The monoisotopic (exact) mass is 316 g/mol. The molecule has 1 N–H and O–H groups in total. The lowest BCUT2D eigenvalue weighted by molar-refractivity contribution is -0.117. The van der Waals surface area contributed by atoms with Gasteiger partial charge in [0.1, 0.15) is 0 Å². The molecule has 2 aromatic rings. The van der Waals surface area contributed by atoms with Crippen molar-refractivity contribution in [2.45, 2.75) is 33.7 Å². The number of rotatable bonds is 7. The molecule has 0 saturated heterocycles. The molecule has 1 aromatic carbocycles. The number of aryl methyl sites for hydroxylation is 2. The lowest BCUT2D eigenvalue weighted by atomic mass is 10.1. The van der Waals surface area contributed by atoms with Gasteiger partial charge in [0.15, 0.2) is 0 Å². The normalized spacial score (nSPS) is 10.9. The standard InChI is InChI=1S/C18H24N2OS/c1-4-15-9-6-8-14(3)18(15)19-17(21)13-20(5-2)12-16-10-7-11-22-16/h6-11H,4-5,12-13H2,1-3H3,(H,19,21). The summed E-state index contributed by atoms with van der Waals surface area (Å²) in [4.78, 5) is 15.8. The molecule has 0 aliphatic rings. The van der Waals surface area contributed by atoms with Crippen LogP contribution in [0, 0.1) is 6.92 Å². The highest BCUT2D eigenvalue weighted by Gasteiger charge is 2.13. The molecule has 0 atom stereocenters. The number of hydrogen-bond acceptors (Lipinski definition) is 3. The third kappa shape index (κ3) is 4.42. The van der Waals surface area contributed by atoms with Gasteiger partial charge in [-0.2, -0.15) is 0 Å². The third-order valence-electron chi connectivity index (χ3n) is 3.78. The number of amides is 1. The molecule has 0 bridgehead atoms. The minimum absolute atomic E-state index is 0.0578. The number of carbonyl (C=O) groups is 1. The summed E-state index contributed by atoms with van der Waals surface area (Å²) in [5, 5.41) is 5.17. The van der Waals surface area contributed by atoms with Crippen molar-refractivity contribution in [2.24, 2.45) is 0 Å². The van der Waals surface area contributed by atoms with Crippen LogP contribution in [0.3, 0.4) is 0 Å².